The third-order valence-corrected chi connectivity index (χ3v) is 6.97. The number of hydrogen-bond donors (Lipinski definition) is 1. The van der Waals surface area contributed by atoms with Crippen LogP contribution >= 0.6 is 23.2 Å². The molecular formula is C25H31Cl2N3O5S. The zero-order valence-electron chi connectivity index (χ0n) is 21.1. The first-order chi connectivity index (χ1) is 16.5. The number of hydrogen-bond acceptors (Lipinski definition) is 5. The number of halogens is 2. The summed E-state index contributed by atoms with van der Waals surface area (Å²) >= 11 is 12.3. The highest BCUT2D eigenvalue weighted by molar-refractivity contribution is 7.92. The van der Waals surface area contributed by atoms with Crippen molar-refractivity contribution in [1.29, 1.82) is 0 Å². The van der Waals surface area contributed by atoms with E-state index >= 15 is 0 Å². The van der Waals surface area contributed by atoms with E-state index in [1.165, 1.54) is 30.0 Å². The summed E-state index contributed by atoms with van der Waals surface area (Å²) in [5, 5.41) is 3.56. The third-order valence-electron chi connectivity index (χ3n) is 5.24. The average molecular weight is 557 g/mol. The summed E-state index contributed by atoms with van der Waals surface area (Å²) in [5.41, 5.74) is 0.449. The van der Waals surface area contributed by atoms with Gasteiger partial charge in [-0.15, -0.1) is 0 Å². The van der Waals surface area contributed by atoms with Gasteiger partial charge in [0.1, 0.15) is 12.6 Å². The van der Waals surface area contributed by atoms with Gasteiger partial charge in [-0.1, -0.05) is 41.4 Å². The van der Waals surface area contributed by atoms with Crippen LogP contribution in [0.25, 0.3) is 0 Å². The number of anilines is 1. The highest BCUT2D eigenvalue weighted by Crippen LogP contribution is 2.25. The molecule has 0 radical (unpaired) electrons. The highest BCUT2D eigenvalue weighted by atomic mass is 35.5. The maximum atomic E-state index is 13.6. The normalized spacial score (nSPS) is 12.6. The van der Waals surface area contributed by atoms with E-state index in [1.54, 1.807) is 31.2 Å². The van der Waals surface area contributed by atoms with Gasteiger partial charge in [0.25, 0.3) is 0 Å². The number of carbonyl (C=O) groups is 3. The van der Waals surface area contributed by atoms with Gasteiger partial charge in [0, 0.05) is 27.7 Å². The first kappa shape index (κ1) is 29.6. The van der Waals surface area contributed by atoms with E-state index < -0.39 is 40.0 Å². The molecule has 196 valence electrons. The summed E-state index contributed by atoms with van der Waals surface area (Å²) < 4.78 is 26.2. The van der Waals surface area contributed by atoms with Gasteiger partial charge in [-0.2, -0.15) is 0 Å². The fraction of sp³-hybridized carbons (Fsp3) is 0.400. The minimum absolute atomic E-state index is 0.0569. The number of sulfonamides is 1. The van der Waals surface area contributed by atoms with Crippen molar-refractivity contribution in [3.05, 3.63) is 63.6 Å². The second-order valence-corrected chi connectivity index (χ2v) is 12.3. The molecule has 0 heterocycles. The molecule has 0 aromatic heterocycles. The van der Waals surface area contributed by atoms with Crippen LogP contribution in [0.2, 0.25) is 10.0 Å². The van der Waals surface area contributed by atoms with E-state index in [1.807, 2.05) is 20.8 Å². The summed E-state index contributed by atoms with van der Waals surface area (Å²) in [4.78, 5) is 39.7. The van der Waals surface area contributed by atoms with E-state index in [2.05, 4.69) is 5.32 Å². The van der Waals surface area contributed by atoms with Gasteiger partial charge in [0.2, 0.25) is 21.8 Å². The van der Waals surface area contributed by atoms with Crippen molar-refractivity contribution in [2.45, 2.75) is 52.7 Å². The summed E-state index contributed by atoms with van der Waals surface area (Å²) in [6.07, 6.45) is 0.969. The van der Waals surface area contributed by atoms with E-state index in [0.29, 0.717) is 21.2 Å². The molecule has 0 unspecified atom stereocenters. The van der Waals surface area contributed by atoms with Crippen LogP contribution in [-0.4, -0.2) is 55.3 Å². The van der Waals surface area contributed by atoms with Crippen molar-refractivity contribution in [3.8, 4) is 0 Å². The Kier molecular flexibility index (Phi) is 9.56. The highest BCUT2D eigenvalue weighted by Gasteiger charge is 2.31. The molecule has 2 amide bonds. The Hall–Kier alpha value is -2.62. The number of nitrogens with zero attached hydrogens (tertiary/aromatic N) is 2. The summed E-state index contributed by atoms with van der Waals surface area (Å²) in [7, 11) is -3.92. The van der Waals surface area contributed by atoms with Gasteiger partial charge in [0.15, 0.2) is 5.78 Å². The topological polar surface area (TPSA) is 104 Å². The minimum atomic E-state index is -3.92. The lowest BCUT2D eigenvalue weighted by atomic mass is 10.1. The second-order valence-electron chi connectivity index (χ2n) is 9.55. The second kappa shape index (κ2) is 11.6. The summed E-state index contributed by atoms with van der Waals surface area (Å²) in [5.74, 6) is -1.29. The summed E-state index contributed by atoms with van der Waals surface area (Å²) in [6.45, 7) is 7.72. The number of benzene rings is 2. The van der Waals surface area contributed by atoms with Crippen molar-refractivity contribution in [2.75, 3.05) is 17.1 Å². The number of amides is 2. The first-order valence-corrected chi connectivity index (χ1v) is 13.7. The number of rotatable bonds is 9. The smallest absolute Gasteiger partial charge is 0.244 e. The molecule has 0 aliphatic carbocycles. The molecule has 8 nitrogen and oxygen atoms in total. The molecular weight excluding hydrogens is 525 g/mol. The van der Waals surface area contributed by atoms with Crippen LogP contribution < -0.4 is 9.62 Å². The molecule has 0 saturated heterocycles. The van der Waals surface area contributed by atoms with Crippen LogP contribution in [0.1, 0.15) is 50.5 Å². The van der Waals surface area contributed by atoms with E-state index in [4.69, 9.17) is 23.2 Å². The van der Waals surface area contributed by atoms with Gasteiger partial charge in [-0.05, 0) is 64.4 Å². The fourth-order valence-corrected chi connectivity index (χ4v) is 4.69. The van der Waals surface area contributed by atoms with Crippen LogP contribution in [0.5, 0.6) is 0 Å². The molecule has 2 aromatic rings. The fourth-order valence-electron chi connectivity index (χ4n) is 3.38. The molecule has 0 spiro atoms. The Balaban J connectivity index is 2.48. The van der Waals surface area contributed by atoms with Gasteiger partial charge in [-0.25, -0.2) is 8.42 Å². The van der Waals surface area contributed by atoms with Crippen molar-refractivity contribution in [2.24, 2.45) is 0 Å². The van der Waals surface area contributed by atoms with Crippen LogP contribution in [0.15, 0.2) is 42.5 Å². The zero-order chi connectivity index (χ0) is 27.4. The number of Topliss-reactive ketones (excluding diaryl/α,β-unsaturated/α-hetero) is 1. The van der Waals surface area contributed by atoms with Crippen LogP contribution in [0.4, 0.5) is 5.69 Å². The van der Waals surface area contributed by atoms with Crippen molar-refractivity contribution >= 4 is 56.5 Å². The van der Waals surface area contributed by atoms with Gasteiger partial charge in [0.05, 0.1) is 11.9 Å². The van der Waals surface area contributed by atoms with Crippen LogP contribution in [0.3, 0.4) is 0 Å². The van der Waals surface area contributed by atoms with E-state index in [9.17, 15) is 22.8 Å². The number of carbonyl (C=O) groups excluding carboxylic acids is 3. The monoisotopic (exact) mass is 555 g/mol. The van der Waals surface area contributed by atoms with E-state index in [0.717, 1.165) is 10.6 Å². The molecule has 0 aliphatic heterocycles. The van der Waals surface area contributed by atoms with Crippen LogP contribution in [-0.2, 0) is 26.2 Å². The maximum absolute atomic E-state index is 13.6. The molecule has 36 heavy (non-hydrogen) atoms. The van der Waals surface area contributed by atoms with Gasteiger partial charge >= 0.3 is 0 Å². The molecule has 11 heteroatoms. The predicted molar refractivity (Wildman–Crippen MR) is 143 cm³/mol. The molecule has 0 aliphatic rings. The van der Waals surface area contributed by atoms with Crippen molar-refractivity contribution < 1.29 is 22.8 Å². The Morgan fingerprint density at radius 2 is 1.69 bits per heavy atom. The Bertz CT molecular complexity index is 1260. The first-order valence-electron chi connectivity index (χ1n) is 11.1. The standard InChI is InChI=1S/C25H31Cl2N3O5S/c1-16(24(33)28-25(3,4)5)29(14-19-10-11-20(26)13-22(19)27)23(32)15-30(36(6,34)35)21-9-7-8-18(12-21)17(2)31/h7-13,16H,14-15H2,1-6H3,(H,28,33)/t16-/m0/s1. The largest absolute Gasteiger partial charge is 0.350 e. The molecule has 0 bridgehead atoms. The molecule has 2 rings (SSSR count). The Morgan fingerprint density at radius 3 is 2.22 bits per heavy atom. The Morgan fingerprint density at radius 1 is 1.06 bits per heavy atom. The maximum Gasteiger partial charge on any atom is 0.244 e. The lowest BCUT2D eigenvalue weighted by Crippen LogP contribution is -2.54. The quantitative estimate of drug-likeness (QED) is 0.464. The SMILES string of the molecule is CC(=O)c1cccc(N(CC(=O)N(Cc2ccc(Cl)cc2Cl)[C@@H](C)C(=O)NC(C)(C)C)S(C)(=O)=O)c1. The minimum Gasteiger partial charge on any atom is -0.350 e. The molecule has 2 aromatic carbocycles. The van der Waals surface area contributed by atoms with Crippen molar-refractivity contribution in [3.63, 3.8) is 0 Å². The van der Waals surface area contributed by atoms with Crippen molar-refractivity contribution in [1.82, 2.24) is 10.2 Å². The average Bonchev–Trinajstić information content (AvgIpc) is 2.74. The Labute approximate surface area is 222 Å². The van der Waals surface area contributed by atoms with Gasteiger partial charge in [-0.3, -0.25) is 18.7 Å². The molecule has 1 atom stereocenters. The lowest BCUT2D eigenvalue weighted by molar-refractivity contribution is -0.140. The molecule has 0 saturated carbocycles. The number of ketones is 1. The molecule has 1 N–H and O–H groups in total. The lowest BCUT2D eigenvalue weighted by Gasteiger charge is -2.33. The summed E-state index contributed by atoms with van der Waals surface area (Å²) in [6, 6.07) is 9.83. The molecule has 0 fully saturated rings. The van der Waals surface area contributed by atoms with E-state index in [-0.39, 0.29) is 18.0 Å². The third kappa shape index (κ3) is 8.21. The predicted octanol–water partition coefficient (Wildman–Crippen LogP) is 4.29. The van der Waals surface area contributed by atoms with Gasteiger partial charge < -0.3 is 10.2 Å². The number of nitrogens with one attached hydrogen (secondary N) is 1. The zero-order valence-corrected chi connectivity index (χ0v) is 23.5. The van der Waals surface area contributed by atoms with Crippen LogP contribution in [0, 0.1) is 0 Å².